The van der Waals surface area contributed by atoms with Gasteiger partial charge in [0, 0.05) is 25.3 Å². The van der Waals surface area contributed by atoms with Crippen molar-refractivity contribution >= 4 is 38.9 Å². The molecule has 0 radical (unpaired) electrons. The van der Waals surface area contributed by atoms with Gasteiger partial charge < -0.3 is 10.0 Å². The lowest BCUT2D eigenvalue weighted by molar-refractivity contribution is 0.0701. The molecule has 23 heavy (non-hydrogen) atoms. The van der Waals surface area contributed by atoms with Crippen molar-refractivity contribution in [3.63, 3.8) is 0 Å². The van der Waals surface area contributed by atoms with Crippen LogP contribution in [0, 0.1) is 0 Å². The second-order valence-corrected chi connectivity index (χ2v) is 7.80. The number of carboxylic acid groups (broad SMARTS) is 1. The van der Waals surface area contributed by atoms with Gasteiger partial charge in [-0.25, -0.2) is 13.2 Å². The second-order valence-electron chi connectivity index (χ2n) is 4.81. The Morgan fingerprint density at radius 2 is 1.70 bits per heavy atom. The highest BCUT2D eigenvalue weighted by molar-refractivity contribution is 7.94. The molecule has 1 amide bonds. The highest BCUT2D eigenvalue weighted by Gasteiger charge is 2.19. The van der Waals surface area contributed by atoms with E-state index in [4.69, 9.17) is 5.11 Å². The summed E-state index contributed by atoms with van der Waals surface area (Å²) in [5, 5.41) is 8.84. The lowest BCUT2D eigenvalue weighted by Crippen LogP contribution is -2.21. The first-order valence-corrected chi connectivity index (χ1v) is 8.68. The number of anilines is 1. The van der Waals surface area contributed by atoms with Crippen molar-refractivity contribution in [3.05, 3.63) is 46.8 Å². The van der Waals surface area contributed by atoms with E-state index in [-0.39, 0.29) is 20.7 Å². The Kier molecular flexibility index (Phi) is 4.71. The molecule has 0 saturated heterocycles. The molecule has 0 aliphatic carbocycles. The van der Waals surface area contributed by atoms with Crippen LogP contribution in [-0.2, 0) is 10.0 Å². The maximum atomic E-state index is 12.2. The zero-order valence-electron chi connectivity index (χ0n) is 12.3. The third kappa shape index (κ3) is 3.88. The molecule has 0 atom stereocenters. The highest BCUT2D eigenvalue weighted by Crippen LogP contribution is 2.24. The first-order chi connectivity index (χ1) is 10.7. The molecule has 1 heterocycles. The van der Waals surface area contributed by atoms with Crippen LogP contribution >= 0.6 is 11.3 Å². The van der Waals surface area contributed by atoms with Crippen LogP contribution in [0.3, 0.4) is 0 Å². The van der Waals surface area contributed by atoms with Crippen LogP contribution in [0.4, 0.5) is 5.69 Å². The zero-order valence-corrected chi connectivity index (χ0v) is 13.9. The second kappa shape index (κ2) is 6.39. The van der Waals surface area contributed by atoms with Crippen LogP contribution in [-0.4, -0.2) is 44.4 Å². The number of carbonyl (C=O) groups excluding carboxylic acids is 1. The number of benzene rings is 1. The third-order valence-electron chi connectivity index (χ3n) is 2.85. The van der Waals surface area contributed by atoms with Gasteiger partial charge in [0.15, 0.2) is 0 Å². The number of thiophene rings is 1. The molecular formula is C14H14N2O5S2. The number of carboxylic acids is 1. The summed E-state index contributed by atoms with van der Waals surface area (Å²) in [6.07, 6.45) is 0. The van der Waals surface area contributed by atoms with Crippen LogP contribution in [0.2, 0.25) is 0 Å². The van der Waals surface area contributed by atoms with Gasteiger partial charge in [0.2, 0.25) is 0 Å². The number of carbonyl (C=O) groups is 2. The molecular weight excluding hydrogens is 340 g/mol. The van der Waals surface area contributed by atoms with Crippen LogP contribution in [0.1, 0.15) is 20.0 Å². The highest BCUT2D eigenvalue weighted by atomic mass is 32.2. The average Bonchev–Trinajstić information content (AvgIpc) is 2.97. The van der Waals surface area contributed by atoms with Gasteiger partial charge in [0.05, 0.1) is 0 Å². The molecule has 0 fully saturated rings. The van der Waals surface area contributed by atoms with Crippen molar-refractivity contribution < 1.29 is 23.1 Å². The number of nitrogens with zero attached hydrogens (tertiary/aromatic N) is 1. The van der Waals surface area contributed by atoms with Gasteiger partial charge in [-0.1, -0.05) is 0 Å². The maximum absolute atomic E-state index is 12.2. The molecule has 9 heteroatoms. The van der Waals surface area contributed by atoms with Gasteiger partial charge in [0.1, 0.15) is 9.09 Å². The molecule has 0 saturated carbocycles. The summed E-state index contributed by atoms with van der Waals surface area (Å²) in [4.78, 5) is 23.9. The summed E-state index contributed by atoms with van der Waals surface area (Å²) in [6, 6.07) is 8.44. The molecule has 0 spiro atoms. The first kappa shape index (κ1) is 17.0. The standard InChI is InChI=1S/C14H14N2O5S2/c1-16(2)13(17)9-3-5-10(6-4-9)15-23(20,21)12-8-7-11(22-12)14(18)19/h3-8,15H,1-2H3,(H,18,19). The molecule has 2 rings (SSSR count). The fourth-order valence-electron chi connectivity index (χ4n) is 1.72. The molecule has 1 aromatic carbocycles. The van der Waals surface area contributed by atoms with Gasteiger partial charge in [-0.2, -0.15) is 0 Å². The smallest absolute Gasteiger partial charge is 0.345 e. The van der Waals surface area contributed by atoms with Crippen molar-refractivity contribution in [1.29, 1.82) is 0 Å². The molecule has 0 aliphatic heterocycles. The van der Waals surface area contributed by atoms with E-state index in [1.165, 1.54) is 41.3 Å². The minimum absolute atomic E-state index is 0.0581. The molecule has 0 bridgehead atoms. The fourth-order valence-corrected chi connectivity index (χ4v) is 3.93. The van der Waals surface area contributed by atoms with Crippen molar-refractivity contribution in [1.82, 2.24) is 4.90 Å². The number of aromatic carboxylic acids is 1. The molecule has 0 unspecified atom stereocenters. The van der Waals surface area contributed by atoms with E-state index >= 15 is 0 Å². The van der Waals surface area contributed by atoms with Gasteiger partial charge in [0.25, 0.3) is 15.9 Å². The van der Waals surface area contributed by atoms with Gasteiger partial charge in [-0.3, -0.25) is 9.52 Å². The van der Waals surface area contributed by atoms with E-state index in [0.717, 1.165) is 0 Å². The Morgan fingerprint density at radius 1 is 1.09 bits per heavy atom. The van der Waals surface area contributed by atoms with E-state index in [1.807, 2.05) is 0 Å². The summed E-state index contributed by atoms with van der Waals surface area (Å²) >= 11 is 0.668. The zero-order chi connectivity index (χ0) is 17.2. The number of nitrogens with one attached hydrogen (secondary N) is 1. The number of hydrogen-bond donors (Lipinski definition) is 2. The van der Waals surface area contributed by atoms with Crippen molar-refractivity contribution in [3.8, 4) is 0 Å². The fraction of sp³-hybridized carbons (Fsp3) is 0.143. The van der Waals surface area contributed by atoms with Gasteiger partial charge in [-0.15, -0.1) is 11.3 Å². The molecule has 0 aliphatic rings. The monoisotopic (exact) mass is 354 g/mol. The summed E-state index contributed by atoms with van der Waals surface area (Å²) in [7, 11) is -0.624. The van der Waals surface area contributed by atoms with Gasteiger partial charge >= 0.3 is 5.97 Å². The molecule has 2 N–H and O–H groups in total. The summed E-state index contributed by atoms with van der Waals surface area (Å²) in [5.74, 6) is -1.37. The maximum Gasteiger partial charge on any atom is 0.345 e. The van der Waals surface area contributed by atoms with E-state index in [1.54, 1.807) is 14.1 Å². The third-order valence-corrected chi connectivity index (χ3v) is 5.79. The quantitative estimate of drug-likeness (QED) is 0.854. The predicted molar refractivity (Wildman–Crippen MR) is 86.5 cm³/mol. The van der Waals surface area contributed by atoms with Crippen molar-refractivity contribution in [2.75, 3.05) is 18.8 Å². The topological polar surface area (TPSA) is 104 Å². The molecule has 7 nitrogen and oxygen atoms in total. The lowest BCUT2D eigenvalue weighted by atomic mass is 10.2. The predicted octanol–water partition coefficient (Wildman–Crippen LogP) is 1.95. The Hall–Kier alpha value is -2.39. The van der Waals surface area contributed by atoms with Gasteiger partial charge in [-0.05, 0) is 36.4 Å². The molecule has 2 aromatic rings. The van der Waals surface area contributed by atoms with Crippen LogP contribution in [0.15, 0.2) is 40.6 Å². The van der Waals surface area contributed by atoms with Crippen LogP contribution in [0.5, 0.6) is 0 Å². The van der Waals surface area contributed by atoms with E-state index in [9.17, 15) is 18.0 Å². The van der Waals surface area contributed by atoms with E-state index in [0.29, 0.717) is 16.9 Å². The Bertz CT molecular complexity index is 838. The molecule has 122 valence electrons. The Labute approximate surface area is 137 Å². The summed E-state index contributed by atoms with van der Waals surface area (Å²) in [6.45, 7) is 0. The SMILES string of the molecule is CN(C)C(=O)c1ccc(NS(=O)(=O)c2ccc(C(=O)O)s2)cc1. The number of amides is 1. The van der Waals surface area contributed by atoms with E-state index < -0.39 is 16.0 Å². The van der Waals surface area contributed by atoms with Crippen LogP contribution < -0.4 is 4.72 Å². The van der Waals surface area contributed by atoms with Crippen molar-refractivity contribution in [2.45, 2.75) is 4.21 Å². The summed E-state index contributed by atoms with van der Waals surface area (Å²) in [5.41, 5.74) is 0.716. The number of rotatable bonds is 5. The summed E-state index contributed by atoms with van der Waals surface area (Å²) < 4.78 is 26.6. The lowest BCUT2D eigenvalue weighted by Gasteiger charge is -2.11. The normalized spacial score (nSPS) is 11.0. The minimum Gasteiger partial charge on any atom is -0.477 e. The van der Waals surface area contributed by atoms with Crippen molar-refractivity contribution in [2.24, 2.45) is 0 Å². The Balaban J connectivity index is 2.20. The van der Waals surface area contributed by atoms with Crippen LogP contribution in [0.25, 0.3) is 0 Å². The van der Waals surface area contributed by atoms with E-state index in [2.05, 4.69) is 4.72 Å². The first-order valence-electron chi connectivity index (χ1n) is 6.38. The average molecular weight is 354 g/mol. The number of hydrogen-bond acceptors (Lipinski definition) is 5. The largest absolute Gasteiger partial charge is 0.477 e. The molecule has 1 aromatic heterocycles. The Morgan fingerprint density at radius 3 is 2.17 bits per heavy atom. The number of sulfonamides is 1. The minimum atomic E-state index is -3.87.